The van der Waals surface area contributed by atoms with Gasteiger partial charge in [0.25, 0.3) is 0 Å². The molecule has 1 saturated carbocycles. The topological polar surface area (TPSA) is 50.4 Å². The molecule has 0 aromatic heterocycles. The van der Waals surface area contributed by atoms with Crippen molar-refractivity contribution in [3.05, 3.63) is 29.8 Å². The highest BCUT2D eigenvalue weighted by molar-refractivity contribution is 5.85. The maximum absolute atomic E-state index is 12.2. The molecule has 1 aromatic rings. The van der Waals surface area contributed by atoms with Crippen LogP contribution in [-0.4, -0.2) is 32.1 Å². The number of carbonyl (C=O) groups is 1. The number of hydrogen-bond acceptors (Lipinski definition) is 3. The first-order chi connectivity index (χ1) is 10.7. The summed E-state index contributed by atoms with van der Waals surface area (Å²) < 4.78 is 5.74. The zero-order valence-electron chi connectivity index (χ0n) is 13.8. The van der Waals surface area contributed by atoms with Crippen LogP contribution in [0.25, 0.3) is 0 Å². The van der Waals surface area contributed by atoms with Crippen molar-refractivity contribution >= 4 is 18.3 Å². The van der Waals surface area contributed by atoms with E-state index in [1.54, 1.807) is 0 Å². The molecule has 1 unspecified atom stereocenters. The van der Waals surface area contributed by atoms with E-state index >= 15 is 0 Å². The minimum absolute atomic E-state index is 0. The maximum atomic E-state index is 12.2. The Morgan fingerprint density at radius 3 is 2.83 bits per heavy atom. The number of benzene rings is 1. The van der Waals surface area contributed by atoms with Crippen LogP contribution in [0.5, 0.6) is 5.75 Å². The van der Waals surface area contributed by atoms with Gasteiger partial charge >= 0.3 is 0 Å². The number of para-hydroxylation sites is 1. The molecule has 4 nitrogen and oxygen atoms in total. The summed E-state index contributed by atoms with van der Waals surface area (Å²) in [7, 11) is 0. The van der Waals surface area contributed by atoms with Crippen LogP contribution >= 0.6 is 12.4 Å². The Morgan fingerprint density at radius 1 is 1.35 bits per heavy atom. The van der Waals surface area contributed by atoms with E-state index in [-0.39, 0.29) is 24.2 Å². The number of ether oxygens (including phenoxy) is 1. The van der Waals surface area contributed by atoms with Crippen LogP contribution in [0.2, 0.25) is 0 Å². The summed E-state index contributed by atoms with van der Waals surface area (Å²) >= 11 is 0. The summed E-state index contributed by atoms with van der Waals surface area (Å²) in [6.45, 7) is 5.52. The van der Waals surface area contributed by atoms with Crippen LogP contribution in [0, 0.1) is 18.3 Å². The molecule has 2 N–H and O–H groups in total. The zero-order chi connectivity index (χ0) is 15.4. The first kappa shape index (κ1) is 18.1. The van der Waals surface area contributed by atoms with Crippen LogP contribution in [0.15, 0.2) is 24.3 Å². The van der Waals surface area contributed by atoms with Crippen LogP contribution in [-0.2, 0) is 4.79 Å². The molecule has 1 saturated heterocycles. The summed E-state index contributed by atoms with van der Waals surface area (Å²) in [5.74, 6) is 1.44. The highest BCUT2D eigenvalue weighted by atomic mass is 35.5. The molecule has 0 bridgehead atoms. The second-order valence-corrected chi connectivity index (χ2v) is 6.63. The summed E-state index contributed by atoms with van der Waals surface area (Å²) in [6, 6.07) is 8.02. The molecule has 2 fully saturated rings. The number of nitrogens with one attached hydrogen (secondary N) is 2. The largest absolute Gasteiger partial charge is 0.493 e. The van der Waals surface area contributed by atoms with Crippen LogP contribution in [0.3, 0.4) is 0 Å². The van der Waals surface area contributed by atoms with Gasteiger partial charge in [0.05, 0.1) is 6.61 Å². The molecule has 1 aromatic carbocycles. The van der Waals surface area contributed by atoms with Crippen LogP contribution < -0.4 is 15.4 Å². The van der Waals surface area contributed by atoms with Gasteiger partial charge in [0, 0.05) is 12.5 Å². The highest BCUT2D eigenvalue weighted by Gasteiger charge is 2.57. The standard InChI is InChI=1S/C18H26N2O2.ClH/c1-14-5-2-3-6-16(14)22-12-4-9-20-17(21)15-13-18(15)7-10-19-11-8-18;/h2-3,5-6,15,19H,4,7-13H2,1H3,(H,20,21);1H. The molecule has 1 spiro atoms. The molecule has 128 valence electrons. The predicted octanol–water partition coefficient (Wildman–Crippen LogP) is 2.69. The Morgan fingerprint density at radius 2 is 2.09 bits per heavy atom. The average molecular weight is 339 g/mol. The minimum atomic E-state index is 0. The fourth-order valence-electron chi connectivity index (χ4n) is 3.50. The van der Waals surface area contributed by atoms with Gasteiger partial charge in [-0.05, 0) is 62.7 Å². The minimum Gasteiger partial charge on any atom is -0.493 e. The van der Waals surface area contributed by atoms with E-state index in [1.165, 1.54) is 0 Å². The summed E-state index contributed by atoms with van der Waals surface area (Å²) in [6.07, 6.45) is 4.24. The second kappa shape index (κ2) is 8.02. The first-order valence-corrected chi connectivity index (χ1v) is 8.38. The summed E-state index contributed by atoms with van der Waals surface area (Å²) in [5, 5.41) is 6.45. The predicted molar refractivity (Wildman–Crippen MR) is 94.2 cm³/mol. The Balaban J connectivity index is 0.00000192. The van der Waals surface area contributed by atoms with Crippen molar-refractivity contribution < 1.29 is 9.53 Å². The van der Waals surface area contributed by atoms with Crippen LogP contribution in [0.4, 0.5) is 0 Å². The third kappa shape index (κ3) is 4.39. The van der Waals surface area contributed by atoms with E-state index in [1.807, 2.05) is 31.2 Å². The molecule has 3 rings (SSSR count). The third-order valence-corrected chi connectivity index (χ3v) is 5.08. The molecule has 1 aliphatic heterocycles. The number of halogens is 1. The van der Waals surface area contributed by atoms with E-state index in [9.17, 15) is 4.79 Å². The summed E-state index contributed by atoms with van der Waals surface area (Å²) in [5.41, 5.74) is 1.48. The zero-order valence-corrected chi connectivity index (χ0v) is 14.6. The lowest BCUT2D eigenvalue weighted by Gasteiger charge is -2.23. The molecule has 5 heteroatoms. The molecular formula is C18H27ClN2O2. The number of hydrogen-bond donors (Lipinski definition) is 2. The van der Waals surface area contributed by atoms with Gasteiger partial charge in [-0.25, -0.2) is 0 Å². The lowest BCUT2D eigenvalue weighted by molar-refractivity contribution is -0.123. The Bertz CT molecular complexity index is 530. The van der Waals surface area contributed by atoms with Crippen molar-refractivity contribution in [3.63, 3.8) is 0 Å². The smallest absolute Gasteiger partial charge is 0.223 e. The first-order valence-electron chi connectivity index (χ1n) is 8.38. The fraction of sp³-hybridized carbons (Fsp3) is 0.611. The Hall–Kier alpha value is -1.26. The van der Waals surface area contributed by atoms with Crippen LogP contribution in [0.1, 0.15) is 31.2 Å². The van der Waals surface area contributed by atoms with Gasteiger partial charge in [-0.2, -0.15) is 0 Å². The molecule has 1 atom stereocenters. The average Bonchev–Trinajstić information content (AvgIpc) is 3.22. The lowest BCUT2D eigenvalue weighted by Crippen LogP contribution is -2.34. The monoisotopic (exact) mass is 338 g/mol. The Labute approximate surface area is 144 Å². The number of rotatable bonds is 6. The number of amides is 1. The van der Waals surface area contributed by atoms with E-state index in [0.29, 0.717) is 18.6 Å². The number of piperidine rings is 1. The van der Waals surface area contributed by atoms with Gasteiger partial charge in [-0.3, -0.25) is 4.79 Å². The lowest BCUT2D eigenvalue weighted by atomic mass is 9.92. The van der Waals surface area contributed by atoms with Gasteiger partial charge in [0.2, 0.25) is 5.91 Å². The molecule has 1 amide bonds. The van der Waals surface area contributed by atoms with Gasteiger partial charge in [0.15, 0.2) is 0 Å². The third-order valence-electron chi connectivity index (χ3n) is 5.08. The number of carbonyl (C=O) groups excluding carboxylic acids is 1. The van der Waals surface area contributed by atoms with Gasteiger partial charge < -0.3 is 15.4 Å². The Kier molecular flexibility index (Phi) is 6.31. The second-order valence-electron chi connectivity index (χ2n) is 6.63. The molecular weight excluding hydrogens is 312 g/mol. The molecule has 0 radical (unpaired) electrons. The number of aryl methyl sites for hydroxylation is 1. The van der Waals surface area contributed by atoms with Crippen molar-refractivity contribution in [3.8, 4) is 5.75 Å². The van der Waals surface area contributed by atoms with E-state index in [2.05, 4.69) is 10.6 Å². The van der Waals surface area contributed by atoms with Crippen molar-refractivity contribution in [1.29, 1.82) is 0 Å². The van der Waals surface area contributed by atoms with Crippen molar-refractivity contribution in [2.45, 2.75) is 32.6 Å². The van der Waals surface area contributed by atoms with Gasteiger partial charge in [0.1, 0.15) is 5.75 Å². The maximum Gasteiger partial charge on any atom is 0.223 e. The quantitative estimate of drug-likeness (QED) is 0.784. The van der Waals surface area contributed by atoms with Crippen molar-refractivity contribution in [2.24, 2.45) is 11.3 Å². The molecule has 1 aliphatic carbocycles. The normalized spacial score (nSPS) is 21.3. The molecule has 1 heterocycles. The molecule has 2 aliphatic rings. The SMILES string of the molecule is Cc1ccccc1OCCCNC(=O)C1CC12CCNCC2.Cl. The van der Waals surface area contributed by atoms with Gasteiger partial charge in [-0.15, -0.1) is 12.4 Å². The van der Waals surface area contributed by atoms with Crippen molar-refractivity contribution in [2.75, 3.05) is 26.2 Å². The molecule has 23 heavy (non-hydrogen) atoms. The van der Waals surface area contributed by atoms with E-state index in [0.717, 1.165) is 50.1 Å². The van der Waals surface area contributed by atoms with E-state index < -0.39 is 0 Å². The fourth-order valence-corrected chi connectivity index (χ4v) is 3.50. The van der Waals surface area contributed by atoms with Crippen molar-refractivity contribution in [1.82, 2.24) is 10.6 Å². The summed E-state index contributed by atoms with van der Waals surface area (Å²) in [4.78, 5) is 12.2. The highest BCUT2D eigenvalue weighted by Crippen LogP contribution is 2.58. The van der Waals surface area contributed by atoms with E-state index in [4.69, 9.17) is 4.74 Å². The van der Waals surface area contributed by atoms with Gasteiger partial charge in [-0.1, -0.05) is 18.2 Å².